The first-order chi connectivity index (χ1) is 7.93. The van der Waals surface area contributed by atoms with Crippen LogP contribution >= 0.6 is 0 Å². The summed E-state index contributed by atoms with van der Waals surface area (Å²) in [6.07, 6.45) is 0. The normalized spacial score (nSPS) is 15.1. The first kappa shape index (κ1) is 15.4. The zero-order valence-electron chi connectivity index (χ0n) is 9.23. The van der Waals surface area contributed by atoms with Crippen LogP contribution in [0.1, 0.15) is 0 Å². The minimum absolute atomic E-state index is 0.884. The number of nitrogens with zero attached hydrogens (tertiary/aromatic N) is 1. The Kier molecular flexibility index (Phi) is 12.1. The summed E-state index contributed by atoms with van der Waals surface area (Å²) in [5.74, 6) is 0. The van der Waals surface area contributed by atoms with E-state index in [0.29, 0.717) is 0 Å². The van der Waals surface area contributed by atoms with Gasteiger partial charge in [0.1, 0.15) is 0 Å². The van der Waals surface area contributed by atoms with Gasteiger partial charge in [-0.25, -0.2) is 0 Å². The molecule has 0 unspecified atom stereocenters. The van der Waals surface area contributed by atoms with Crippen molar-refractivity contribution in [1.82, 2.24) is 4.90 Å². The molecule has 0 atom stereocenters. The fourth-order valence-corrected chi connectivity index (χ4v) is 1.17. The molecular formula is C12H17CoNO2-2. The number of morpholine rings is 1. The van der Waals surface area contributed by atoms with Gasteiger partial charge in [0.2, 0.25) is 0 Å². The first-order valence-electron chi connectivity index (χ1n) is 5.07. The van der Waals surface area contributed by atoms with Gasteiger partial charge in [-0.15, -0.1) is 6.54 Å². The van der Waals surface area contributed by atoms with Gasteiger partial charge in [0.25, 0.3) is 0 Å². The van der Waals surface area contributed by atoms with Gasteiger partial charge in [-0.2, -0.15) is 36.4 Å². The second kappa shape index (κ2) is 12.5. The van der Waals surface area contributed by atoms with Crippen LogP contribution in [0.4, 0.5) is 0 Å². The maximum atomic E-state index is 7.94. The number of benzene rings is 1. The van der Waals surface area contributed by atoms with Gasteiger partial charge in [-0.1, -0.05) is 0 Å². The number of rotatable bonds is 1. The predicted molar refractivity (Wildman–Crippen MR) is 58.6 cm³/mol. The summed E-state index contributed by atoms with van der Waals surface area (Å²) in [6, 6.07) is 12.5. The van der Waals surface area contributed by atoms with Crippen molar-refractivity contribution in [3.8, 4) is 0 Å². The largest absolute Gasteiger partial charge is 0.184 e. The van der Waals surface area contributed by atoms with E-state index < -0.39 is 0 Å². The maximum absolute atomic E-state index is 7.94. The molecule has 0 bridgehead atoms. The number of hydrogen-bond donors (Lipinski definition) is 0. The molecule has 0 amide bonds. The third kappa shape index (κ3) is 8.73. The molecule has 16 heavy (non-hydrogen) atoms. The van der Waals surface area contributed by atoms with Gasteiger partial charge in [0, 0.05) is 13.1 Å². The van der Waals surface area contributed by atoms with Crippen LogP contribution in [0.2, 0.25) is 0 Å². The molecule has 0 N–H and O–H groups in total. The Morgan fingerprint density at radius 3 is 2.00 bits per heavy atom. The smallest absolute Gasteiger partial charge is 0.171 e. The summed E-state index contributed by atoms with van der Waals surface area (Å²) in [6.45, 7) is 8.59. The molecule has 1 aliphatic heterocycles. The van der Waals surface area contributed by atoms with Crippen LogP contribution in [-0.4, -0.2) is 37.7 Å². The van der Waals surface area contributed by atoms with E-state index in [9.17, 15) is 0 Å². The molecule has 93 valence electrons. The predicted octanol–water partition coefficient (Wildman–Crippen LogP) is 1.52. The van der Waals surface area contributed by atoms with Crippen molar-refractivity contribution in [1.29, 1.82) is 0 Å². The summed E-state index contributed by atoms with van der Waals surface area (Å²) in [5, 5.41) is 0. The van der Waals surface area contributed by atoms with E-state index in [0.717, 1.165) is 32.8 Å². The third-order valence-electron chi connectivity index (χ3n) is 2.03. The van der Waals surface area contributed by atoms with Crippen molar-refractivity contribution in [2.75, 3.05) is 32.8 Å². The number of ether oxygens (including phenoxy) is 1. The second-order valence-electron chi connectivity index (χ2n) is 3.03. The fourth-order valence-electron chi connectivity index (χ4n) is 1.17. The van der Waals surface area contributed by atoms with Crippen molar-refractivity contribution in [3.05, 3.63) is 43.3 Å². The molecule has 0 radical (unpaired) electrons. The van der Waals surface area contributed by atoms with Gasteiger partial charge in [0.05, 0.1) is 13.2 Å². The molecule has 1 aromatic carbocycles. The molecule has 1 saturated heterocycles. The summed E-state index contributed by atoms with van der Waals surface area (Å²) in [4.78, 5) is 2.28. The van der Waals surface area contributed by atoms with Gasteiger partial charge < -0.3 is 16.6 Å². The Bertz CT molecular complexity index is 201. The quantitative estimate of drug-likeness (QED) is 0.722. The molecule has 4 heteroatoms. The Morgan fingerprint density at radius 1 is 1.19 bits per heavy atom. The van der Waals surface area contributed by atoms with Gasteiger partial charge in [0.15, 0.2) is 0 Å². The van der Waals surface area contributed by atoms with Gasteiger partial charge in [-0.3, -0.25) is 0 Å². The zero-order chi connectivity index (χ0) is 12.1. The zero-order valence-corrected chi connectivity index (χ0v) is 10.3. The van der Waals surface area contributed by atoms with Gasteiger partial charge >= 0.3 is 19.5 Å². The van der Waals surface area contributed by atoms with Crippen molar-refractivity contribution >= 4 is 0 Å². The van der Waals surface area contributed by atoms with E-state index in [2.05, 4.69) is 33.6 Å². The van der Waals surface area contributed by atoms with Crippen molar-refractivity contribution in [3.63, 3.8) is 0 Å². The van der Waals surface area contributed by atoms with Crippen LogP contribution in [0, 0.1) is 13.0 Å². The topological polar surface area (TPSA) is 29.5 Å². The average Bonchev–Trinajstić information content (AvgIpc) is 2.44. The Labute approximate surface area is 106 Å². The molecule has 0 spiro atoms. The molecule has 1 aliphatic rings. The summed E-state index contributed by atoms with van der Waals surface area (Å²) in [5.41, 5.74) is 0. The van der Waals surface area contributed by atoms with Crippen molar-refractivity contribution < 1.29 is 24.3 Å². The van der Waals surface area contributed by atoms with Crippen LogP contribution in [0.3, 0.4) is 0 Å². The molecule has 1 aromatic rings. The van der Waals surface area contributed by atoms with Crippen molar-refractivity contribution in [2.45, 2.75) is 0 Å². The van der Waals surface area contributed by atoms with Crippen LogP contribution in [0.25, 0.3) is 0 Å². The Morgan fingerprint density at radius 2 is 1.75 bits per heavy atom. The van der Waals surface area contributed by atoms with Crippen molar-refractivity contribution in [2.24, 2.45) is 0 Å². The van der Waals surface area contributed by atoms with Crippen LogP contribution in [-0.2, 0) is 24.3 Å². The molecule has 0 aliphatic carbocycles. The Balaban J connectivity index is 0.000000251. The SMILES string of the molecule is [CH2-]CN1CCOCC1.[O]=[Co].[c-]1ccccc1. The van der Waals surface area contributed by atoms with Gasteiger partial charge in [-0.05, 0) is 0 Å². The van der Waals surface area contributed by atoms with E-state index in [1.165, 1.54) is 0 Å². The monoisotopic (exact) mass is 266 g/mol. The van der Waals surface area contributed by atoms with E-state index in [1.54, 1.807) is 0 Å². The minimum atomic E-state index is 0.884. The van der Waals surface area contributed by atoms with Crippen LogP contribution < -0.4 is 0 Å². The Hall–Kier alpha value is -0.554. The molecule has 3 nitrogen and oxygen atoms in total. The van der Waals surface area contributed by atoms with E-state index >= 15 is 0 Å². The van der Waals surface area contributed by atoms with E-state index in [4.69, 9.17) is 8.60 Å². The maximum Gasteiger partial charge on any atom is -0.171 e. The van der Waals surface area contributed by atoms with E-state index in [1.807, 2.05) is 30.3 Å². The average molecular weight is 266 g/mol. The summed E-state index contributed by atoms with van der Waals surface area (Å²) < 4.78 is 13.1. The molecular weight excluding hydrogens is 249 g/mol. The number of hydrogen-bond acceptors (Lipinski definition) is 3. The minimum Gasteiger partial charge on any atom is -0.184 e. The molecule has 1 heterocycles. The first-order valence-corrected chi connectivity index (χ1v) is 5.50. The summed E-state index contributed by atoms with van der Waals surface area (Å²) >= 11 is 2.31. The molecule has 2 rings (SSSR count). The molecule has 0 aromatic heterocycles. The fraction of sp³-hybridized carbons (Fsp3) is 0.417. The standard InChI is InChI=1S/C6H12NO.C6H5.Co.O/c1-2-7-3-5-8-6-4-7;1-2-4-6-5-3-1;;/h1-6H2;1-5H;;/q2*-1;;. The molecule has 1 fully saturated rings. The third-order valence-corrected chi connectivity index (χ3v) is 2.03. The second-order valence-corrected chi connectivity index (χ2v) is 3.03. The van der Waals surface area contributed by atoms with E-state index in [-0.39, 0.29) is 0 Å². The molecule has 0 saturated carbocycles. The summed E-state index contributed by atoms with van der Waals surface area (Å²) in [7, 11) is 0. The van der Waals surface area contributed by atoms with Crippen LogP contribution in [0.5, 0.6) is 0 Å². The van der Waals surface area contributed by atoms with Crippen LogP contribution in [0.15, 0.2) is 30.3 Å².